The second-order valence-corrected chi connectivity index (χ2v) is 7.16. The first-order valence-electron chi connectivity index (χ1n) is 9.18. The van der Waals surface area contributed by atoms with Crippen LogP contribution in [0.5, 0.6) is 0 Å². The molecule has 0 N–H and O–H groups in total. The Hall–Kier alpha value is -2.67. The minimum Gasteiger partial charge on any atom is -0.298 e. The van der Waals surface area contributed by atoms with Crippen LogP contribution in [0.1, 0.15) is 18.5 Å². The van der Waals surface area contributed by atoms with E-state index in [0.29, 0.717) is 32.5 Å². The molecule has 0 radical (unpaired) electrons. The first-order valence-corrected chi connectivity index (χ1v) is 9.18. The van der Waals surface area contributed by atoms with Crippen molar-refractivity contribution in [1.29, 1.82) is 0 Å². The van der Waals surface area contributed by atoms with Gasteiger partial charge in [-0.25, -0.2) is 4.39 Å². The minimum atomic E-state index is -0.721. The molecule has 1 fully saturated rings. The highest BCUT2D eigenvalue weighted by atomic mass is 19.1. The third-order valence-corrected chi connectivity index (χ3v) is 4.96. The van der Waals surface area contributed by atoms with Gasteiger partial charge in [0.25, 0.3) is 0 Å². The summed E-state index contributed by atoms with van der Waals surface area (Å²) in [5.74, 6) is 0.112. The molecular formula is C20H22FN5O. The molecule has 4 rings (SSSR count). The number of fused-ring (bicyclic) bond motifs is 1. The Kier molecular flexibility index (Phi) is 4.94. The second-order valence-electron chi connectivity index (χ2n) is 7.16. The van der Waals surface area contributed by atoms with E-state index in [2.05, 4.69) is 15.1 Å². The number of hydrogen-bond donors (Lipinski definition) is 0. The number of Topliss-reactive ketones (excluding diaryl/α,β-unsaturated/α-hetero) is 1. The second kappa shape index (κ2) is 7.52. The number of aromatic nitrogens is 4. The summed E-state index contributed by atoms with van der Waals surface area (Å²) in [5.41, 5.74) is 2.54. The zero-order valence-corrected chi connectivity index (χ0v) is 15.3. The molecule has 1 aliphatic rings. The fourth-order valence-electron chi connectivity index (χ4n) is 3.46. The van der Waals surface area contributed by atoms with Gasteiger partial charge in [0.1, 0.15) is 6.17 Å². The van der Waals surface area contributed by atoms with Crippen LogP contribution in [0, 0.1) is 0 Å². The van der Waals surface area contributed by atoms with Crippen molar-refractivity contribution >= 4 is 16.6 Å². The third kappa shape index (κ3) is 4.19. The van der Waals surface area contributed by atoms with Gasteiger partial charge in [-0.15, -0.1) is 0 Å². The van der Waals surface area contributed by atoms with Crippen molar-refractivity contribution in [1.82, 2.24) is 24.6 Å². The molecular weight excluding hydrogens is 345 g/mol. The van der Waals surface area contributed by atoms with Crippen LogP contribution in [0.4, 0.5) is 4.39 Å². The topological polar surface area (TPSA) is 63.9 Å². The molecule has 4 heterocycles. The average molecular weight is 367 g/mol. The number of piperidine rings is 1. The van der Waals surface area contributed by atoms with Gasteiger partial charge < -0.3 is 0 Å². The number of ketones is 1. The van der Waals surface area contributed by atoms with Crippen LogP contribution in [-0.2, 0) is 18.3 Å². The molecule has 0 aromatic carbocycles. The highest BCUT2D eigenvalue weighted by molar-refractivity contribution is 5.87. The first-order chi connectivity index (χ1) is 13.1. The van der Waals surface area contributed by atoms with Crippen molar-refractivity contribution in [3.05, 3.63) is 42.6 Å². The number of aryl methyl sites for hydroxylation is 1. The van der Waals surface area contributed by atoms with Gasteiger partial charge in [0.05, 0.1) is 24.9 Å². The lowest BCUT2D eigenvalue weighted by Crippen LogP contribution is -2.38. The lowest BCUT2D eigenvalue weighted by atomic mass is 10.1. The summed E-state index contributed by atoms with van der Waals surface area (Å²) in [5, 5.41) is 6.12. The van der Waals surface area contributed by atoms with Gasteiger partial charge in [0.2, 0.25) is 0 Å². The quantitative estimate of drug-likeness (QED) is 0.694. The van der Waals surface area contributed by atoms with Crippen LogP contribution in [0.25, 0.3) is 22.0 Å². The van der Waals surface area contributed by atoms with E-state index in [0.717, 1.165) is 27.7 Å². The number of carbonyl (C=O) groups is 1. The summed E-state index contributed by atoms with van der Waals surface area (Å²) in [7, 11) is 1.87. The number of rotatable bonds is 5. The number of likely N-dealkylation sites (tertiary alicyclic amines) is 1. The summed E-state index contributed by atoms with van der Waals surface area (Å²) in [6, 6.07) is 3.94. The van der Waals surface area contributed by atoms with Crippen LogP contribution in [0.2, 0.25) is 0 Å². The number of carbonyl (C=O) groups excluding carboxylic acids is 1. The monoisotopic (exact) mass is 367 g/mol. The Morgan fingerprint density at radius 3 is 2.67 bits per heavy atom. The molecule has 0 saturated carbocycles. The van der Waals surface area contributed by atoms with Crippen LogP contribution in [0.3, 0.4) is 0 Å². The Labute approximate surface area is 157 Å². The summed E-state index contributed by atoms with van der Waals surface area (Å²) in [6.07, 6.45) is 7.85. The van der Waals surface area contributed by atoms with E-state index >= 15 is 0 Å². The molecule has 1 aliphatic heterocycles. The molecule has 3 aromatic heterocycles. The van der Waals surface area contributed by atoms with Gasteiger partial charge in [-0.2, -0.15) is 5.10 Å². The van der Waals surface area contributed by atoms with Gasteiger partial charge in [-0.1, -0.05) is 0 Å². The minimum absolute atomic E-state index is 0.112. The number of halogens is 1. The highest BCUT2D eigenvalue weighted by Gasteiger charge is 2.20. The molecule has 6 nitrogen and oxygen atoms in total. The van der Waals surface area contributed by atoms with Crippen LogP contribution < -0.4 is 0 Å². The number of alkyl halides is 1. The molecule has 140 valence electrons. The van der Waals surface area contributed by atoms with Crippen molar-refractivity contribution in [3.8, 4) is 11.3 Å². The fraction of sp³-hybridized carbons (Fsp3) is 0.400. The van der Waals surface area contributed by atoms with Gasteiger partial charge in [-0.05, 0) is 30.4 Å². The van der Waals surface area contributed by atoms with Gasteiger partial charge >= 0.3 is 0 Å². The van der Waals surface area contributed by atoms with Crippen molar-refractivity contribution < 1.29 is 9.18 Å². The van der Waals surface area contributed by atoms with Crippen molar-refractivity contribution in [2.45, 2.75) is 25.4 Å². The molecule has 0 atom stereocenters. The van der Waals surface area contributed by atoms with Crippen molar-refractivity contribution in [2.75, 3.05) is 19.6 Å². The van der Waals surface area contributed by atoms with Gasteiger partial charge in [-0.3, -0.25) is 24.3 Å². The molecule has 0 bridgehead atoms. The molecule has 27 heavy (non-hydrogen) atoms. The zero-order chi connectivity index (χ0) is 18.8. The van der Waals surface area contributed by atoms with E-state index in [4.69, 9.17) is 0 Å². The molecule has 1 saturated heterocycles. The van der Waals surface area contributed by atoms with Crippen LogP contribution in [0.15, 0.2) is 36.9 Å². The van der Waals surface area contributed by atoms with Crippen molar-refractivity contribution in [2.24, 2.45) is 7.05 Å². The van der Waals surface area contributed by atoms with E-state index in [1.807, 2.05) is 30.3 Å². The van der Waals surface area contributed by atoms with Gasteiger partial charge in [0, 0.05) is 55.4 Å². The smallest absolute Gasteiger partial charge is 0.152 e. The van der Waals surface area contributed by atoms with E-state index < -0.39 is 6.17 Å². The summed E-state index contributed by atoms with van der Waals surface area (Å²) >= 11 is 0. The maximum absolute atomic E-state index is 13.2. The lowest BCUT2D eigenvalue weighted by molar-refractivity contribution is -0.120. The van der Waals surface area contributed by atoms with Gasteiger partial charge in [0.15, 0.2) is 5.78 Å². The average Bonchev–Trinajstić information content (AvgIpc) is 3.09. The number of pyridine rings is 2. The molecule has 0 aliphatic carbocycles. The van der Waals surface area contributed by atoms with Crippen molar-refractivity contribution in [3.63, 3.8) is 0 Å². The predicted octanol–water partition coefficient (Wildman–Crippen LogP) is 2.58. The Morgan fingerprint density at radius 2 is 1.93 bits per heavy atom. The summed E-state index contributed by atoms with van der Waals surface area (Å²) < 4.78 is 15.0. The summed E-state index contributed by atoms with van der Waals surface area (Å²) in [4.78, 5) is 23.3. The lowest BCUT2D eigenvalue weighted by Gasteiger charge is -2.27. The maximum atomic E-state index is 13.2. The predicted molar refractivity (Wildman–Crippen MR) is 101 cm³/mol. The van der Waals surface area contributed by atoms with Crippen LogP contribution >= 0.6 is 0 Å². The normalized spacial score (nSPS) is 16.1. The molecule has 7 heteroatoms. The van der Waals surface area contributed by atoms with E-state index in [1.165, 1.54) is 0 Å². The zero-order valence-electron chi connectivity index (χ0n) is 15.3. The molecule has 3 aromatic rings. The Morgan fingerprint density at radius 1 is 1.15 bits per heavy atom. The molecule has 0 amide bonds. The van der Waals surface area contributed by atoms with E-state index in [1.54, 1.807) is 23.3 Å². The Balaban J connectivity index is 1.48. The van der Waals surface area contributed by atoms with Crippen LogP contribution in [-0.4, -0.2) is 56.2 Å². The van der Waals surface area contributed by atoms with E-state index in [9.17, 15) is 9.18 Å². The third-order valence-electron chi connectivity index (χ3n) is 4.96. The standard InChI is InChI=1S/C20H22FN5O/c1-25-12-16(11-24-25)20-7-14-6-18(22-9-15(14)10-23-20)8-19(27)13-26-4-2-17(21)3-5-26/h6-7,9-12,17H,2-5,8,13H2,1H3. The molecule has 0 unspecified atom stereocenters. The highest BCUT2D eigenvalue weighted by Crippen LogP contribution is 2.22. The maximum Gasteiger partial charge on any atom is 0.152 e. The SMILES string of the molecule is Cn1cc(-c2cc3cc(CC(=O)CN4CCC(F)CC4)ncc3cn2)cn1. The number of nitrogens with zero attached hydrogens (tertiary/aromatic N) is 5. The Bertz CT molecular complexity index is 962. The number of hydrogen-bond acceptors (Lipinski definition) is 5. The fourth-order valence-corrected chi connectivity index (χ4v) is 3.46. The van der Waals surface area contributed by atoms with E-state index in [-0.39, 0.29) is 12.2 Å². The largest absolute Gasteiger partial charge is 0.298 e. The summed E-state index contributed by atoms with van der Waals surface area (Å²) in [6.45, 7) is 1.67. The molecule has 0 spiro atoms. The first kappa shape index (κ1) is 17.7.